The van der Waals surface area contributed by atoms with Crippen LogP contribution in [0.25, 0.3) is 22.1 Å². The van der Waals surface area contributed by atoms with E-state index in [2.05, 4.69) is 97.8 Å². The molecule has 33 nitrogen and oxygen atoms in total. The number of anilines is 2. The minimum atomic E-state index is -3.22. The number of carbonyl (C=O) groups excluding carboxylic acids is 6. The lowest BCUT2D eigenvalue weighted by molar-refractivity contribution is -0.140. The van der Waals surface area contributed by atoms with Crippen molar-refractivity contribution in [1.82, 2.24) is 49.5 Å². The number of aliphatic hydroxyl groups is 1. The number of ether oxygens (including phenoxy) is 12. The molecule has 0 spiro atoms. The number of nitrogen functional groups attached to an aromatic ring is 1. The van der Waals surface area contributed by atoms with E-state index in [9.17, 15) is 38.1 Å². The third kappa shape index (κ3) is 34.0. The van der Waals surface area contributed by atoms with Crippen molar-refractivity contribution < 1.29 is 95.3 Å². The van der Waals surface area contributed by atoms with Crippen molar-refractivity contribution in [2.75, 3.05) is 100.0 Å². The highest BCUT2D eigenvalue weighted by molar-refractivity contribution is 8.24. The van der Waals surface area contributed by atoms with Gasteiger partial charge in [-0.1, -0.05) is 74.4 Å². The summed E-state index contributed by atoms with van der Waals surface area (Å²) >= 11 is 20.0. The van der Waals surface area contributed by atoms with Crippen molar-refractivity contribution in [3.63, 3.8) is 0 Å². The molecule has 6 heterocycles. The molecular formula is C82H111Cl4N12O21P. The van der Waals surface area contributed by atoms with Gasteiger partial charge in [0.15, 0.2) is 16.8 Å². The minimum Gasteiger partial charge on any atom is -0.497 e. The molecule has 9 aromatic rings. The van der Waals surface area contributed by atoms with Gasteiger partial charge in [-0.25, -0.2) is 47.8 Å². The first-order valence-corrected chi connectivity index (χ1v) is 42.3. The highest BCUT2D eigenvalue weighted by Gasteiger charge is 2.24. The molecule has 0 atom stereocenters. The van der Waals surface area contributed by atoms with Crippen LogP contribution < -0.4 is 44.9 Å². The van der Waals surface area contributed by atoms with E-state index >= 15 is 0 Å². The summed E-state index contributed by atoms with van der Waals surface area (Å²) in [5.41, 5.74) is 13.0. The number of rotatable bonds is 28. The van der Waals surface area contributed by atoms with E-state index in [0.29, 0.717) is 94.2 Å². The summed E-state index contributed by atoms with van der Waals surface area (Å²) in [4.78, 5) is 89.3. The molecule has 0 bridgehead atoms. The number of methoxy groups -OCH3 is 6. The normalized spacial score (nSPS) is 10.6. The molecule has 0 aliphatic rings. The number of hydrogen-bond acceptors (Lipinski definition) is 28. The Balaban J connectivity index is 0.000000510. The second kappa shape index (κ2) is 53.5. The number of carbonyl (C=O) groups is 6. The lowest BCUT2D eigenvalue weighted by Crippen LogP contribution is -2.19. The fourth-order valence-corrected chi connectivity index (χ4v) is 10.5. The van der Waals surface area contributed by atoms with Crippen molar-refractivity contribution in [1.29, 1.82) is 0 Å². The van der Waals surface area contributed by atoms with Crippen molar-refractivity contribution in [2.24, 2.45) is 0 Å². The Hall–Kier alpha value is -11.0. The van der Waals surface area contributed by atoms with E-state index in [0.717, 1.165) is 56.7 Å². The summed E-state index contributed by atoms with van der Waals surface area (Å²) in [6.07, 6.45) is 1.09. The van der Waals surface area contributed by atoms with Gasteiger partial charge in [0.05, 0.1) is 141 Å². The Morgan fingerprint density at radius 2 is 0.992 bits per heavy atom. The average Bonchev–Trinajstić information content (AvgIpc) is 1.61. The first-order valence-electron chi connectivity index (χ1n) is 37.5. The van der Waals surface area contributed by atoms with Crippen LogP contribution in [0.3, 0.4) is 0 Å². The van der Waals surface area contributed by atoms with Gasteiger partial charge >= 0.3 is 41.0 Å². The van der Waals surface area contributed by atoms with Gasteiger partial charge in [0.2, 0.25) is 0 Å². The van der Waals surface area contributed by atoms with Crippen molar-refractivity contribution >= 4 is 120 Å². The van der Waals surface area contributed by atoms with E-state index in [1.54, 1.807) is 117 Å². The first kappa shape index (κ1) is 105. The smallest absolute Gasteiger partial charge is 0.384 e. The SMILES string of the molecule is C.CCO.CCOC(=O)/C=C(/Nc1cc(C(C)C)nn1Cc1ccc(OC)cc1OC)C(=O)OCC.CCOC(=O)C#CC(=O)OCC.CCOC(=O)c1cc(=O)c2c(C(C)C)nn(Cc3ccc(OC)cc3OC)c2[nH]1.CCOC(=O)c1cc(Cl)c2c(C(C)C)[nH]nc2n1.COc1ccc(Cn2nc(C(C)C)cc2N)c(OC)c1.O=P(Cl)(Cl)Cl. The van der Waals surface area contributed by atoms with Gasteiger partial charge in [-0.05, 0) is 148 Å². The molecule has 658 valence electrons. The van der Waals surface area contributed by atoms with Gasteiger partial charge in [0, 0.05) is 77.2 Å². The Kier molecular flexibility index (Phi) is 46.8. The molecule has 0 radical (unpaired) electrons. The monoisotopic (exact) mass is 1770 g/mol. The van der Waals surface area contributed by atoms with Crippen molar-refractivity contribution in [2.45, 2.75) is 155 Å². The van der Waals surface area contributed by atoms with Crippen LogP contribution in [-0.2, 0) is 71.8 Å². The molecule has 0 saturated heterocycles. The quantitative estimate of drug-likeness (QED) is 0.00759. The molecule has 0 saturated carbocycles. The molecule has 6 aromatic heterocycles. The second-order valence-corrected chi connectivity index (χ2v) is 32.6. The maximum atomic E-state index is 12.8. The van der Waals surface area contributed by atoms with Crippen molar-refractivity contribution in [3.8, 4) is 46.3 Å². The summed E-state index contributed by atoms with van der Waals surface area (Å²) in [5, 5.41) is 29.9. The van der Waals surface area contributed by atoms with Crippen LogP contribution in [0.5, 0.6) is 34.5 Å². The molecule has 0 aliphatic carbocycles. The molecule has 3 aromatic carbocycles. The molecular weight excluding hydrogens is 1660 g/mol. The number of halogens is 4. The lowest BCUT2D eigenvalue weighted by atomic mass is 10.1. The molecule has 9 rings (SSSR count). The maximum Gasteiger partial charge on any atom is 0.384 e. The summed E-state index contributed by atoms with van der Waals surface area (Å²) < 4.78 is 75.6. The van der Waals surface area contributed by atoms with Gasteiger partial charge in [0.1, 0.15) is 63.2 Å². The Bertz CT molecular complexity index is 4990. The number of benzene rings is 3. The number of nitrogens with zero attached hydrogens (tertiary/aromatic N) is 8. The highest BCUT2D eigenvalue weighted by atomic mass is 36.0. The van der Waals surface area contributed by atoms with E-state index in [1.807, 2.05) is 108 Å². The Morgan fingerprint density at radius 3 is 1.41 bits per heavy atom. The zero-order chi connectivity index (χ0) is 89.4. The number of aromatic amines is 2. The average molecular weight is 1770 g/mol. The van der Waals surface area contributed by atoms with Crippen molar-refractivity contribution in [3.05, 3.63) is 157 Å². The summed E-state index contributed by atoms with van der Waals surface area (Å²) in [5.74, 6) is 6.30. The molecule has 0 amide bonds. The van der Waals surface area contributed by atoms with Gasteiger partial charge in [-0.3, -0.25) is 14.5 Å². The molecule has 0 aliphatic heterocycles. The van der Waals surface area contributed by atoms with Gasteiger partial charge < -0.3 is 78.0 Å². The van der Waals surface area contributed by atoms with Gasteiger partial charge in [-0.2, -0.15) is 20.4 Å². The van der Waals surface area contributed by atoms with E-state index in [1.165, 1.54) is 12.1 Å². The third-order valence-electron chi connectivity index (χ3n) is 15.7. The topological polar surface area (TPSA) is 416 Å². The molecule has 6 N–H and O–H groups in total. The number of aromatic nitrogens is 10. The molecule has 0 fully saturated rings. The van der Waals surface area contributed by atoms with Crippen LogP contribution in [0.4, 0.5) is 11.6 Å². The second-order valence-electron chi connectivity index (χ2n) is 25.6. The number of nitrogens with two attached hydrogens (primary N) is 1. The first-order chi connectivity index (χ1) is 56.4. The van der Waals surface area contributed by atoms with Crippen LogP contribution in [-0.4, -0.2) is 179 Å². The largest absolute Gasteiger partial charge is 0.497 e. The van der Waals surface area contributed by atoms with E-state index in [-0.39, 0.29) is 87.3 Å². The third-order valence-corrected chi connectivity index (χ3v) is 16.0. The number of aliphatic hydroxyl groups excluding tert-OH is 1. The Labute approximate surface area is 718 Å². The molecule has 38 heteroatoms. The number of esters is 6. The summed E-state index contributed by atoms with van der Waals surface area (Å²) in [6.45, 7) is 31.0. The fourth-order valence-electron chi connectivity index (χ4n) is 10.2. The predicted molar refractivity (Wildman–Crippen MR) is 463 cm³/mol. The summed E-state index contributed by atoms with van der Waals surface area (Å²) in [6, 6.07) is 23.3. The lowest BCUT2D eigenvalue weighted by Gasteiger charge is -2.14. The number of H-pyrrole nitrogens is 2. The van der Waals surface area contributed by atoms with E-state index in [4.69, 9.17) is 69.8 Å². The van der Waals surface area contributed by atoms with Gasteiger partial charge in [-0.15, -0.1) is 0 Å². The number of fused-ring (bicyclic) bond motifs is 2. The van der Waals surface area contributed by atoms with Crippen LogP contribution >= 0.6 is 50.5 Å². The minimum absolute atomic E-state index is 0. The van der Waals surface area contributed by atoms with Crippen LogP contribution in [0.2, 0.25) is 5.02 Å². The van der Waals surface area contributed by atoms with Crippen LogP contribution in [0, 0.1) is 11.8 Å². The number of hydrogen-bond donors (Lipinski definition) is 5. The number of pyridine rings is 2. The van der Waals surface area contributed by atoms with Crippen LogP contribution in [0.1, 0.15) is 195 Å². The van der Waals surface area contributed by atoms with Crippen LogP contribution in [0.15, 0.2) is 95.4 Å². The summed E-state index contributed by atoms with van der Waals surface area (Å²) in [7, 11) is 9.62. The van der Waals surface area contributed by atoms with Gasteiger partial charge in [0.25, 0.3) is 0 Å². The zero-order valence-electron chi connectivity index (χ0n) is 70.7. The number of nitrogens with one attached hydrogen (secondary N) is 3. The highest BCUT2D eigenvalue weighted by Crippen LogP contribution is 2.61. The maximum absolute atomic E-state index is 12.8. The Morgan fingerprint density at radius 1 is 0.558 bits per heavy atom. The van der Waals surface area contributed by atoms with E-state index < -0.39 is 41.0 Å². The zero-order valence-corrected chi connectivity index (χ0v) is 74.6. The molecule has 0 unspecified atom stereocenters. The standard InChI is InChI=1S/C23H31N3O6.C21H25N3O5.C15H21N3O2.C12H14ClN3O2.C8H10O4.C2H6O.CH4.Cl3OP/c1-7-31-22(27)13-19(23(28)32-8-2)24-21-12-18(15(3)4)25-26(21)14-16-9-10-17(29-5)11-20(16)30-6;1-6-29-21(26)15-10-16(25)18-19(12(2)3)23-24(20(18)22-15)11-13-7-8-14(27-4)9-17(13)28-5;1-10(2)13-8-15(16)18(17-13)9-11-5-6-12(19-3)7-14(11)20-4;1-4-18-12(17)8-5-7(13)9-10(6(2)3)15-16-11(9)14-8;1-3-11-7(9)5-6-8(10)12-4-2;1-2-3;;1-5(2,3)4/h9-13,15,24H,7-8,14H2,1-6H3;7-10,12H,6,11H2,1-5H3,(H,22,25);5-8,10H,9,16H2,1-4H3;5-6H,4H2,1-3H3,(H,14,15,16);3-4H2,1-2H3;3H,2H2,1H3;1H4;/b19-13+;;;;;;;. The molecule has 120 heavy (non-hydrogen) atoms. The predicted octanol–water partition coefficient (Wildman–Crippen LogP) is 15.7. The fraction of sp³-hybridized carbons (Fsp3) is 0.439.